The van der Waals surface area contributed by atoms with Gasteiger partial charge >= 0.3 is 0 Å². The van der Waals surface area contributed by atoms with Gasteiger partial charge in [0.25, 0.3) is 0 Å². The van der Waals surface area contributed by atoms with Crippen LogP contribution in [0.1, 0.15) is 35.1 Å². The second-order valence-electron chi connectivity index (χ2n) is 9.72. The number of ether oxygens (including phenoxy) is 1. The lowest BCUT2D eigenvalue weighted by Crippen LogP contribution is -2.29. The molecule has 5 aromatic carbocycles. The van der Waals surface area contributed by atoms with Crippen molar-refractivity contribution in [3.8, 4) is 5.75 Å². The first-order chi connectivity index (χ1) is 17.3. The van der Waals surface area contributed by atoms with E-state index in [0.29, 0.717) is 18.4 Å². The first kappa shape index (κ1) is 20.3. The van der Waals surface area contributed by atoms with Crippen LogP contribution in [0, 0.1) is 5.92 Å². The zero-order valence-corrected chi connectivity index (χ0v) is 19.5. The molecule has 0 bridgehead atoms. The largest absolute Gasteiger partial charge is 0.489 e. The van der Waals surface area contributed by atoms with E-state index in [-0.39, 0.29) is 6.04 Å². The summed E-state index contributed by atoms with van der Waals surface area (Å²) >= 11 is 0. The zero-order valence-electron chi connectivity index (χ0n) is 19.5. The minimum Gasteiger partial charge on any atom is -0.489 e. The maximum Gasteiger partial charge on any atom is 0.119 e. The maximum atomic E-state index is 6.21. The Morgan fingerprint density at radius 1 is 0.714 bits per heavy atom. The highest BCUT2D eigenvalue weighted by Gasteiger charge is 2.38. The average molecular weight is 454 g/mol. The van der Waals surface area contributed by atoms with E-state index < -0.39 is 0 Å². The summed E-state index contributed by atoms with van der Waals surface area (Å²) in [4.78, 5) is 0. The molecule has 5 aromatic rings. The molecule has 0 spiro atoms. The summed E-state index contributed by atoms with van der Waals surface area (Å²) in [6.07, 6.45) is 5.87. The summed E-state index contributed by atoms with van der Waals surface area (Å²) in [5.74, 6) is 1.90. The zero-order chi connectivity index (χ0) is 23.2. The molecular weight excluding hydrogens is 426 g/mol. The highest BCUT2D eigenvalue weighted by Crippen LogP contribution is 2.51. The fourth-order valence-electron chi connectivity index (χ4n) is 6.02. The molecular formula is C33H27NO. The van der Waals surface area contributed by atoms with Crippen LogP contribution < -0.4 is 10.1 Å². The van der Waals surface area contributed by atoms with Crippen LogP contribution in [0.3, 0.4) is 0 Å². The summed E-state index contributed by atoms with van der Waals surface area (Å²) in [5.41, 5.74) is 5.25. The fourth-order valence-corrected chi connectivity index (χ4v) is 6.02. The number of nitrogens with one attached hydrogen (secondary N) is 1. The molecule has 35 heavy (non-hydrogen) atoms. The summed E-state index contributed by atoms with van der Waals surface area (Å²) in [5, 5.41) is 9.04. The van der Waals surface area contributed by atoms with Crippen molar-refractivity contribution >= 4 is 27.2 Å². The smallest absolute Gasteiger partial charge is 0.119 e. The summed E-state index contributed by atoms with van der Waals surface area (Å²) in [6, 6.07) is 37.2. The second kappa shape index (κ2) is 8.32. The molecule has 0 saturated heterocycles. The average Bonchev–Trinajstić information content (AvgIpc) is 3.42. The number of anilines is 1. The van der Waals surface area contributed by atoms with Crippen molar-refractivity contribution in [3.63, 3.8) is 0 Å². The van der Waals surface area contributed by atoms with E-state index in [9.17, 15) is 0 Å². The number of hydrogen-bond donors (Lipinski definition) is 1. The van der Waals surface area contributed by atoms with Crippen molar-refractivity contribution in [2.45, 2.75) is 25.0 Å². The molecule has 0 radical (unpaired) electrons. The number of fused-ring (bicyclic) bond motifs is 6. The highest BCUT2D eigenvalue weighted by atomic mass is 16.5. The van der Waals surface area contributed by atoms with E-state index >= 15 is 0 Å². The molecule has 0 saturated carbocycles. The van der Waals surface area contributed by atoms with Crippen molar-refractivity contribution in [1.82, 2.24) is 0 Å². The Kier molecular flexibility index (Phi) is 4.84. The van der Waals surface area contributed by atoms with Crippen LogP contribution in [0.25, 0.3) is 21.5 Å². The minimum atomic E-state index is 0.278. The van der Waals surface area contributed by atoms with Gasteiger partial charge in [0.2, 0.25) is 0 Å². The maximum absolute atomic E-state index is 6.21. The first-order valence-corrected chi connectivity index (χ1v) is 12.5. The van der Waals surface area contributed by atoms with Crippen LogP contribution in [0.5, 0.6) is 5.75 Å². The molecule has 0 aromatic heterocycles. The highest BCUT2D eigenvalue weighted by molar-refractivity contribution is 5.96. The van der Waals surface area contributed by atoms with Crippen molar-refractivity contribution in [1.29, 1.82) is 0 Å². The van der Waals surface area contributed by atoms with E-state index in [4.69, 9.17) is 4.74 Å². The molecule has 7 rings (SSSR count). The monoisotopic (exact) mass is 453 g/mol. The Morgan fingerprint density at radius 2 is 1.46 bits per heavy atom. The van der Waals surface area contributed by atoms with Gasteiger partial charge in [-0.05, 0) is 57.3 Å². The van der Waals surface area contributed by atoms with Gasteiger partial charge in [-0.25, -0.2) is 0 Å². The van der Waals surface area contributed by atoms with Crippen molar-refractivity contribution < 1.29 is 4.74 Å². The van der Waals surface area contributed by atoms with Gasteiger partial charge in [0.15, 0.2) is 0 Å². The van der Waals surface area contributed by atoms with Crippen molar-refractivity contribution in [3.05, 3.63) is 132 Å². The molecule has 0 fully saturated rings. The van der Waals surface area contributed by atoms with Gasteiger partial charge in [0.1, 0.15) is 12.4 Å². The Labute approximate surface area is 205 Å². The summed E-state index contributed by atoms with van der Waals surface area (Å²) in [6.45, 7) is 0.566. The molecule has 0 unspecified atom stereocenters. The van der Waals surface area contributed by atoms with E-state index in [0.717, 1.165) is 12.2 Å². The van der Waals surface area contributed by atoms with Gasteiger partial charge in [-0.1, -0.05) is 103 Å². The standard InChI is InChI=1S/C33H27NO/c1-3-11-27-22(7-1)9-5-10-25(27)21-35-26-18-15-24(16-19-26)32-30-14-6-13-29(30)31-20-17-23-8-2-4-12-28(23)33(31)34-32/h1-13,15-20,29-30,32,34H,14,21H2/t29-,30+,32+/m1/s1. The van der Waals surface area contributed by atoms with Crippen LogP contribution >= 0.6 is 0 Å². The third-order valence-electron chi connectivity index (χ3n) is 7.77. The van der Waals surface area contributed by atoms with Crippen LogP contribution in [0.15, 0.2) is 115 Å². The number of allylic oxidation sites excluding steroid dienone is 2. The molecule has 3 atom stereocenters. The van der Waals surface area contributed by atoms with Gasteiger partial charge in [-0.15, -0.1) is 0 Å². The molecule has 2 nitrogen and oxygen atoms in total. The number of hydrogen-bond acceptors (Lipinski definition) is 2. The van der Waals surface area contributed by atoms with Gasteiger partial charge in [-0.2, -0.15) is 0 Å². The molecule has 0 amide bonds. The van der Waals surface area contributed by atoms with E-state index in [1.165, 1.54) is 43.9 Å². The van der Waals surface area contributed by atoms with E-state index in [1.807, 2.05) is 0 Å². The summed E-state index contributed by atoms with van der Waals surface area (Å²) in [7, 11) is 0. The second-order valence-corrected chi connectivity index (χ2v) is 9.72. The number of benzene rings is 5. The quantitative estimate of drug-likeness (QED) is 0.276. The predicted molar refractivity (Wildman–Crippen MR) is 145 cm³/mol. The Hall–Kier alpha value is -4.04. The minimum absolute atomic E-state index is 0.278. The normalized spacial score (nSPS) is 20.4. The van der Waals surface area contributed by atoms with E-state index in [2.05, 4.69) is 121 Å². The lowest BCUT2D eigenvalue weighted by atomic mass is 9.76. The first-order valence-electron chi connectivity index (χ1n) is 12.5. The van der Waals surface area contributed by atoms with Gasteiger partial charge in [0.05, 0.1) is 6.04 Å². The molecule has 1 aliphatic carbocycles. The molecule has 170 valence electrons. The SMILES string of the molecule is C1=C[C@H]2c3ccc4ccccc4c3N[C@@H](c3ccc(OCc4cccc5ccccc45)cc3)[C@H]2C1. The fraction of sp³-hybridized carbons (Fsp3) is 0.152. The lowest BCUT2D eigenvalue weighted by Gasteiger charge is -2.38. The Balaban J connectivity index is 1.16. The third-order valence-corrected chi connectivity index (χ3v) is 7.77. The van der Waals surface area contributed by atoms with E-state index in [1.54, 1.807) is 0 Å². The Bertz CT molecular complexity index is 1560. The molecule has 2 aliphatic rings. The van der Waals surface area contributed by atoms with Crippen LogP contribution in [0.2, 0.25) is 0 Å². The third kappa shape index (κ3) is 3.49. The number of rotatable bonds is 4. The Morgan fingerprint density at radius 3 is 2.31 bits per heavy atom. The van der Waals surface area contributed by atoms with Crippen LogP contribution in [-0.4, -0.2) is 0 Å². The van der Waals surface area contributed by atoms with Crippen LogP contribution in [0.4, 0.5) is 5.69 Å². The van der Waals surface area contributed by atoms with Gasteiger partial charge < -0.3 is 10.1 Å². The lowest BCUT2D eigenvalue weighted by molar-refractivity contribution is 0.307. The topological polar surface area (TPSA) is 21.3 Å². The molecule has 2 heteroatoms. The molecule has 1 N–H and O–H groups in total. The predicted octanol–water partition coefficient (Wildman–Crippen LogP) is 8.40. The van der Waals surface area contributed by atoms with Gasteiger partial charge in [-0.3, -0.25) is 0 Å². The van der Waals surface area contributed by atoms with Gasteiger partial charge in [0, 0.05) is 17.0 Å². The van der Waals surface area contributed by atoms with Crippen molar-refractivity contribution in [2.24, 2.45) is 5.92 Å². The summed E-state index contributed by atoms with van der Waals surface area (Å²) < 4.78 is 6.21. The van der Waals surface area contributed by atoms with Crippen LogP contribution in [-0.2, 0) is 6.61 Å². The molecule has 1 heterocycles. The molecule has 1 aliphatic heterocycles. The van der Waals surface area contributed by atoms with Crippen molar-refractivity contribution in [2.75, 3.05) is 5.32 Å².